The summed E-state index contributed by atoms with van der Waals surface area (Å²) < 4.78 is 19.2. The van der Waals surface area contributed by atoms with Gasteiger partial charge in [0.15, 0.2) is 11.5 Å². The van der Waals surface area contributed by atoms with Gasteiger partial charge in [-0.1, -0.05) is 0 Å². The molecule has 42 heavy (non-hydrogen) atoms. The van der Waals surface area contributed by atoms with E-state index in [0.29, 0.717) is 46.4 Å². The third-order valence-corrected chi connectivity index (χ3v) is 7.09. The molecule has 5 rings (SSSR count). The van der Waals surface area contributed by atoms with Gasteiger partial charge in [0.2, 0.25) is 0 Å². The Morgan fingerprint density at radius 3 is 2.50 bits per heavy atom. The number of hydrogen-bond acceptors (Lipinski definition) is 8. The minimum absolute atomic E-state index is 0.108. The van der Waals surface area contributed by atoms with E-state index in [-0.39, 0.29) is 24.1 Å². The van der Waals surface area contributed by atoms with Crippen LogP contribution in [0.3, 0.4) is 0 Å². The van der Waals surface area contributed by atoms with Gasteiger partial charge < -0.3 is 34.9 Å². The Hall–Kier alpha value is -4.61. The zero-order valence-electron chi connectivity index (χ0n) is 23.9. The Kier molecular flexibility index (Phi) is 8.89. The first kappa shape index (κ1) is 28.9. The summed E-state index contributed by atoms with van der Waals surface area (Å²) in [6, 6.07) is 15.4. The number of likely N-dealkylation sites (tertiary alicyclic amines) is 1. The second-order valence-corrected chi connectivity index (χ2v) is 10.2. The van der Waals surface area contributed by atoms with E-state index in [1.807, 2.05) is 6.07 Å². The van der Waals surface area contributed by atoms with E-state index in [4.69, 9.17) is 14.2 Å². The van der Waals surface area contributed by atoms with E-state index < -0.39 is 0 Å². The van der Waals surface area contributed by atoms with Crippen molar-refractivity contribution in [1.82, 2.24) is 19.8 Å². The largest absolute Gasteiger partial charge is 0.493 e. The third kappa shape index (κ3) is 6.81. The fourth-order valence-corrected chi connectivity index (χ4v) is 5.00. The molecule has 1 aliphatic rings. The van der Waals surface area contributed by atoms with Crippen LogP contribution >= 0.6 is 0 Å². The number of ether oxygens (including phenoxy) is 3. The molecule has 2 aromatic carbocycles. The molecule has 1 saturated heterocycles. The van der Waals surface area contributed by atoms with Gasteiger partial charge in [0.25, 0.3) is 5.91 Å². The monoisotopic (exact) mass is 573 g/mol. The van der Waals surface area contributed by atoms with Crippen LogP contribution in [0.15, 0.2) is 67.0 Å². The van der Waals surface area contributed by atoms with E-state index in [2.05, 4.69) is 20.5 Å². The van der Waals surface area contributed by atoms with Crippen LogP contribution in [0, 0.1) is 0 Å². The predicted molar refractivity (Wildman–Crippen MR) is 159 cm³/mol. The lowest BCUT2D eigenvalue weighted by molar-refractivity contribution is 0.0673. The molecular weight excluding hydrogens is 538 g/mol. The molecule has 0 spiro atoms. The van der Waals surface area contributed by atoms with E-state index in [9.17, 15) is 14.7 Å². The highest BCUT2D eigenvalue weighted by atomic mass is 16.5. The average molecular weight is 574 g/mol. The van der Waals surface area contributed by atoms with Crippen molar-refractivity contribution in [1.29, 1.82) is 0 Å². The van der Waals surface area contributed by atoms with Gasteiger partial charge in [-0.15, -0.1) is 0 Å². The number of nitrogens with zero attached hydrogens (tertiary/aromatic N) is 3. The Balaban J connectivity index is 1.21. The minimum Gasteiger partial charge on any atom is -0.493 e. The van der Waals surface area contributed by atoms with Crippen molar-refractivity contribution in [3.05, 3.63) is 72.6 Å². The number of anilines is 1. The summed E-state index contributed by atoms with van der Waals surface area (Å²) in [5, 5.41) is 15.8. The Labute approximate surface area is 244 Å². The lowest BCUT2D eigenvalue weighted by Gasteiger charge is -2.32. The van der Waals surface area contributed by atoms with Crippen LogP contribution in [0.1, 0.15) is 30.1 Å². The number of piperidine rings is 1. The molecule has 1 aliphatic heterocycles. The van der Waals surface area contributed by atoms with E-state index in [1.54, 1.807) is 74.9 Å². The van der Waals surface area contributed by atoms with Gasteiger partial charge in [-0.3, -0.25) is 9.36 Å². The molecule has 0 saturated carbocycles. The average Bonchev–Trinajstić information content (AvgIpc) is 3.40. The minimum atomic E-state index is -0.332. The summed E-state index contributed by atoms with van der Waals surface area (Å²) in [6.45, 7) is 4.26. The number of benzene rings is 2. The van der Waals surface area contributed by atoms with E-state index in [0.717, 1.165) is 31.3 Å². The van der Waals surface area contributed by atoms with Crippen molar-refractivity contribution in [2.24, 2.45) is 0 Å². The van der Waals surface area contributed by atoms with Crippen molar-refractivity contribution < 1.29 is 28.9 Å². The molecule has 2 aromatic heterocycles. The van der Waals surface area contributed by atoms with Gasteiger partial charge >= 0.3 is 6.03 Å². The van der Waals surface area contributed by atoms with Crippen LogP contribution in [0.2, 0.25) is 0 Å². The van der Waals surface area contributed by atoms with Crippen LogP contribution in [-0.4, -0.2) is 77.5 Å². The number of β-amino-alcohol motifs (C(OH)–C–C–N with tert-alkyl or cyclic N) is 1. The highest BCUT2D eigenvalue weighted by Crippen LogP contribution is 2.36. The molecule has 0 radical (unpaired) electrons. The van der Waals surface area contributed by atoms with Gasteiger partial charge in [-0.05, 0) is 62.2 Å². The van der Waals surface area contributed by atoms with Crippen molar-refractivity contribution in [3.63, 3.8) is 0 Å². The lowest BCUT2D eigenvalue weighted by atomic mass is 10.1. The second kappa shape index (κ2) is 12.9. The molecule has 11 heteroatoms. The zero-order valence-corrected chi connectivity index (χ0v) is 23.9. The maximum absolute atomic E-state index is 12.9. The molecule has 1 atom stereocenters. The molecule has 0 unspecified atom stereocenters. The van der Waals surface area contributed by atoms with E-state index in [1.165, 1.54) is 11.7 Å². The molecule has 3 heterocycles. The van der Waals surface area contributed by atoms with Crippen LogP contribution < -0.4 is 24.8 Å². The molecular formula is C31H35N5O6. The van der Waals surface area contributed by atoms with Gasteiger partial charge in [0.05, 0.1) is 18.7 Å². The number of rotatable bonds is 9. The Morgan fingerprint density at radius 2 is 1.81 bits per heavy atom. The summed E-state index contributed by atoms with van der Waals surface area (Å²) in [5.41, 5.74) is 1.14. The van der Waals surface area contributed by atoms with Crippen LogP contribution in [0.5, 0.6) is 23.0 Å². The van der Waals surface area contributed by atoms with Gasteiger partial charge in [0, 0.05) is 62.2 Å². The van der Waals surface area contributed by atoms with Crippen LogP contribution in [-0.2, 0) is 0 Å². The molecule has 0 bridgehead atoms. The zero-order chi connectivity index (χ0) is 29.6. The van der Waals surface area contributed by atoms with Crippen molar-refractivity contribution in [3.8, 4) is 23.0 Å². The molecule has 3 N–H and O–H groups in total. The third-order valence-electron chi connectivity index (χ3n) is 7.09. The standard InChI is InChI=1S/C31H35N5O6/c1-20(37)19-35-13-10-24(11-14-35)41-23-6-4-21(5-7-23)30(38)34-29-17-25(8-12-33-29)42-28-16-22-9-15-36(31(39)32-2)26(22)18-27(28)40-3/h4-9,12,15-18,20,24,37H,10-11,13-14,19H2,1-3H3,(H,32,39)(H,33,34,38)/t20-/m0/s1. The number of pyridine rings is 1. The number of nitrogens with one attached hydrogen (secondary N) is 2. The fraction of sp³-hybridized carbons (Fsp3) is 0.323. The van der Waals surface area contributed by atoms with Gasteiger partial charge in [0.1, 0.15) is 23.4 Å². The summed E-state index contributed by atoms with van der Waals surface area (Å²) in [4.78, 5) is 31.6. The normalized spacial score (nSPS) is 14.8. The van der Waals surface area contributed by atoms with Crippen LogP contribution in [0.25, 0.3) is 10.9 Å². The van der Waals surface area contributed by atoms with E-state index >= 15 is 0 Å². The number of amides is 2. The second-order valence-electron chi connectivity index (χ2n) is 10.2. The van der Waals surface area contributed by atoms with Crippen molar-refractivity contribution in [2.45, 2.75) is 32.0 Å². The molecule has 220 valence electrons. The first-order valence-corrected chi connectivity index (χ1v) is 13.9. The SMILES string of the molecule is CNC(=O)n1ccc2cc(Oc3ccnc(NC(=O)c4ccc(OC5CCN(C[C@H](C)O)CC5)cc4)c3)c(OC)cc21. The number of aromatic nitrogens is 2. The van der Waals surface area contributed by atoms with Gasteiger partial charge in [-0.25, -0.2) is 9.78 Å². The number of aliphatic hydroxyl groups is 1. The fourth-order valence-electron chi connectivity index (χ4n) is 5.00. The van der Waals surface area contributed by atoms with Crippen molar-refractivity contribution >= 4 is 28.7 Å². The number of aliphatic hydroxyl groups excluding tert-OH is 1. The molecule has 2 amide bonds. The van der Waals surface area contributed by atoms with Gasteiger partial charge in [-0.2, -0.15) is 0 Å². The number of hydrogen-bond donors (Lipinski definition) is 3. The lowest BCUT2D eigenvalue weighted by Crippen LogP contribution is -2.41. The highest BCUT2D eigenvalue weighted by Gasteiger charge is 2.21. The van der Waals surface area contributed by atoms with Crippen LogP contribution in [0.4, 0.5) is 10.6 Å². The Bertz CT molecular complexity index is 1540. The predicted octanol–water partition coefficient (Wildman–Crippen LogP) is 4.50. The Morgan fingerprint density at radius 1 is 1.05 bits per heavy atom. The smallest absolute Gasteiger partial charge is 0.325 e. The summed E-state index contributed by atoms with van der Waals surface area (Å²) >= 11 is 0. The molecule has 0 aliphatic carbocycles. The number of fused-ring (bicyclic) bond motifs is 1. The molecule has 11 nitrogen and oxygen atoms in total. The highest BCUT2D eigenvalue weighted by molar-refractivity contribution is 6.03. The molecule has 1 fully saturated rings. The quantitative estimate of drug-likeness (QED) is 0.267. The first-order valence-electron chi connectivity index (χ1n) is 13.9. The maximum Gasteiger partial charge on any atom is 0.325 e. The number of carbonyl (C=O) groups excluding carboxylic acids is 2. The molecule has 4 aromatic rings. The first-order chi connectivity index (χ1) is 20.3. The maximum atomic E-state index is 12.9. The number of carbonyl (C=O) groups is 2. The summed E-state index contributed by atoms with van der Waals surface area (Å²) in [6.07, 6.45) is 4.78. The summed E-state index contributed by atoms with van der Waals surface area (Å²) in [7, 11) is 3.09. The number of methoxy groups -OCH3 is 1. The summed E-state index contributed by atoms with van der Waals surface area (Å²) in [5.74, 6) is 2.08. The topological polar surface area (TPSA) is 127 Å². The van der Waals surface area contributed by atoms with Crippen molar-refractivity contribution in [2.75, 3.05) is 39.1 Å².